The number of pyridine rings is 1. The van der Waals surface area contributed by atoms with E-state index in [0.717, 1.165) is 39.6 Å². The van der Waals surface area contributed by atoms with Gasteiger partial charge in [-0.1, -0.05) is 18.2 Å². The number of fused-ring (bicyclic) bond motifs is 3. The zero-order valence-corrected chi connectivity index (χ0v) is 15.4. The van der Waals surface area contributed by atoms with Gasteiger partial charge in [-0.15, -0.1) is 0 Å². The molecule has 0 aliphatic heterocycles. The summed E-state index contributed by atoms with van der Waals surface area (Å²) in [6.07, 6.45) is 1.81. The predicted octanol–water partition coefficient (Wildman–Crippen LogP) is 3.07. The Bertz CT molecular complexity index is 1120. The molecule has 2 aromatic carbocycles. The van der Waals surface area contributed by atoms with Crippen LogP contribution in [0.3, 0.4) is 0 Å². The normalized spacial score (nSPS) is 11.4. The Kier molecular flexibility index (Phi) is 4.56. The van der Waals surface area contributed by atoms with Crippen LogP contribution in [-0.4, -0.2) is 53.2 Å². The van der Waals surface area contributed by atoms with Gasteiger partial charge in [0.15, 0.2) is 0 Å². The maximum atomic E-state index is 12.7. The third kappa shape index (κ3) is 3.39. The van der Waals surface area contributed by atoms with Crippen molar-refractivity contribution in [3.63, 3.8) is 0 Å². The second-order valence-corrected chi connectivity index (χ2v) is 6.76. The standard InChI is InChI=1S/C21H21N5O/c1-26(2)12-11-22-21(27)16-6-4-3-5-14(16)18-8-7-15-17-13-23-25-20(17)10-9-19(15)24-18/h3-10,13H,11-12H2,1-2H3,(H,22,27)(H,23,25). The molecule has 2 N–H and O–H groups in total. The molecule has 27 heavy (non-hydrogen) atoms. The van der Waals surface area contributed by atoms with Gasteiger partial charge in [0.2, 0.25) is 0 Å². The molecule has 0 saturated heterocycles. The van der Waals surface area contributed by atoms with E-state index < -0.39 is 0 Å². The van der Waals surface area contributed by atoms with Crippen LogP contribution in [0.4, 0.5) is 0 Å². The highest BCUT2D eigenvalue weighted by Crippen LogP contribution is 2.27. The highest BCUT2D eigenvalue weighted by Gasteiger charge is 2.14. The lowest BCUT2D eigenvalue weighted by atomic mass is 10.0. The zero-order chi connectivity index (χ0) is 18.8. The van der Waals surface area contributed by atoms with Gasteiger partial charge in [-0.2, -0.15) is 5.10 Å². The van der Waals surface area contributed by atoms with Crippen molar-refractivity contribution >= 4 is 27.7 Å². The van der Waals surface area contributed by atoms with E-state index in [1.165, 1.54) is 0 Å². The Morgan fingerprint density at radius 1 is 1.07 bits per heavy atom. The van der Waals surface area contributed by atoms with Crippen LogP contribution in [0.1, 0.15) is 10.4 Å². The largest absolute Gasteiger partial charge is 0.351 e. The minimum Gasteiger partial charge on any atom is -0.351 e. The molecule has 0 saturated carbocycles. The molecule has 6 heteroatoms. The summed E-state index contributed by atoms with van der Waals surface area (Å²) >= 11 is 0. The second-order valence-electron chi connectivity index (χ2n) is 6.76. The van der Waals surface area contributed by atoms with Crippen LogP contribution in [-0.2, 0) is 0 Å². The molecule has 1 amide bonds. The fraction of sp³-hybridized carbons (Fsp3) is 0.190. The highest BCUT2D eigenvalue weighted by atomic mass is 16.1. The fourth-order valence-electron chi connectivity index (χ4n) is 3.17. The summed E-state index contributed by atoms with van der Waals surface area (Å²) in [5.41, 5.74) is 4.10. The Balaban J connectivity index is 1.71. The van der Waals surface area contributed by atoms with Gasteiger partial charge >= 0.3 is 0 Å². The van der Waals surface area contributed by atoms with Gasteiger partial charge in [0, 0.05) is 35.0 Å². The number of hydrogen-bond donors (Lipinski definition) is 2. The SMILES string of the molecule is CN(C)CCNC(=O)c1ccccc1-c1ccc2c(ccc3[nH]ncc32)n1. The first-order valence-corrected chi connectivity index (χ1v) is 8.88. The lowest BCUT2D eigenvalue weighted by Crippen LogP contribution is -2.31. The van der Waals surface area contributed by atoms with Gasteiger partial charge < -0.3 is 10.2 Å². The van der Waals surface area contributed by atoms with Crippen LogP contribution in [0, 0.1) is 0 Å². The van der Waals surface area contributed by atoms with Gasteiger partial charge in [-0.3, -0.25) is 9.89 Å². The third-order valence-corrected chi connectivity index (χ3v) is 4.58. The van der Waals surface area contributed by atoms with Crippen LogP contribution >= 0.6 is 0 Å². The van der Waals surface area contributed by atoms with E-state index in [9.17, 15) is 4.79 Å². The molecule has 0 unspecified atom stereocenters. The molecular weight excluding hydrogens is 338 g/mol. The van der Waals surface area contributed by atoms with E-state index in [0.29, 0.717) is 12.1 Å². The summed E-state index contributed by atoms with van der Waals surface area (Å²) in [6.45, 7) is 1.40. The van der Waals surface area contributed by atoms with Crippen molar-refractivity contribution in [2.45, 2.75) is 0 Å². The van der Waals surface area contributed by atoms with Gasteiger partial charge in [-0.25, -0.2) is 4.98 Å². The van der Waals surface area contributed by atoms with E-state index in [2.05, 4.69) is 15.5 Å². The number of H-pyrrole nitrogens is 1. The molecule has 4 rings (SSSR count). The van der Waals surface area contributed by atoms with Gasteiger partial charge in [0.25, 0.3) is 5.91 Å². The smallest absolute Gasteiger partial charge is 0.252 e. The molecule has 0 fully saturated rings. The molecule has 2 aromatic heterocycles. The average molecular weight is 359 g/mol. The first kappa shape index (κ1) is 17.2. The van der Waals surface area contributed by atoms with Crippen molar-refractivity contribution < 1.29 is 4.79 Å². The lowest BCUT2D eigenvalue weighted by molar-refractivity contribution is 0.0951. The topological polar surface area (TPSA) is 73.9 Å². The van der Waals surface area contributed by atoms with Crippen LogP contribution in [0.25, 0.3) is 33.1 Å². The molecule has 0 radical (unpaired) electrons. The van der Waals surface area contributed by atoms with Crippen LogP contribution in [0.5, 0.6) is 0 Å². The number of aromatic amines is 1. The van der Waals surface area contributed by atoms with Gasteiger partial charge in [0.1, 0.15) is 0 Å². The van der Waals surface area contributed by atoms with Crippen molar-refractivity contribution in [3.05, 3.63) is 60.3 Å². The summed E-state index contributed by atoms with van der Waals surface area (Å²) in [5.74, 6) is -0.0837. The number of aromatic nitrogens is 3. The molecule has 0 bridgehead atoms. The van der Waals surface area contributed by atoms with E-state index in [1.807, 2.05) is 73.7 Å². The summed E-state index contributed by atoms with van der Waals surface area (Å²) in [7, 11) is 3.96. The Labute approximate surface area is 157 Å². The monoisotopic (exact) mass is 359 g/mol. The second kappa shape index (κ2) is 7.17. The molecule has 0 atom stereocenters. The number of nitrogens with zero attached hydrogens (tertiary/aromatic N) is 3. The van der Waals surface area contributed by atoms with Gasteiger partial charge in [-0.05, 0) is 44.4 Å². The van der Waals surface area contributed by atoms with E-state index in [4.69, 9.17) is 4.98 Å². The van der Waals surface area contributed by atoms with Crippen molar-refractivity contribution in [2.24, 2.45) is 0 Å². The maximum absolute atomic E-state index is 12.7. The number of benzene rings is 2. The third-order valence-electron chi connectivity index (χ3n) is 4.58. The van der Waals surface area contributed by atoms with Crippen molar-refractivity contribution in [1.29, 1.82) is 0 Å². The summed E-state index contributed by atoms with van der Waals surface area (Å²) in [5, 5.41) is 12.1. The zero-order valence-electron chi connectivity index (χ0n) is 15.4. The Morgan fingerprint density at radius 2 is 1.93 bits per heavy atom. The maximum Gasteiger partial charge on any atom is 0.252 e. The van der Waals surface area contributed by atoms with Crippen molar-refractivity contribution in [1.82, 2.24) is 25.4 Å². The average Bonchev–Trinajstić information content (AvgIpc) is 3.16. The lowest BCUT2D eigenvalue weighted by Gasteiger charge is -2.13. The quantitative estimate of drug-likeness (QED) is 0.574. The number of nitrogens with one attached hydrogen (secondary N) is 2. The van der Waals surface area contributed by atoms with Crippen LogP contribution in [0.2, 0.25) is 0 Å². The van der Waals surface area contributed by atoms with E-state index in [-0.39, 0.29) is 5.91 Å². The number of rotatable bonds is 5. The Hall–Kier alpha value is -3.25. The molecule has 0 aliphatic carbocycles. The molecule has 136 valence electrons. The predicted molar refractivity (Wildman–Crippen MR) is 108 cm³/mol. The number of amides is 1. The molecule has 6 nitrogen and oxygen atoms in total. The number of carbonyl (C=O) groups is 1. The van der Waals surface area contributed by atoms with Gasteiger partial charge in [0.05, 0.1) is 22.9 Å². The number of likely N-dealkylation sites (N-methyl/N-ethyl adjacent to an activating group) is 1. The molecular formula is C21H21N5O. The summed E-state index contributed by atoms with van der Waals surface area (Å²) in [6, 6.07) is 15.5. The summed E-state index contributed by atoms with van der Waals surface area (Å²) in [4.78, 5) is 19.5. The Morgan fingerprint density at radius 3 is 2.78 bits per heavy atom. The van der Waals surface area contributed by atoms with Crippen molar-refractivity contribution in [2.75, 3.05) is 27.2 Å². The molecule has 4 aromatic rings. The number of hydrogen-bond acceptors (Lipinski definition) is 4. The van der Waals surface area contributed by atoms with Crippen molar-refractivity contribution in [3.8, 4) is 11.3 Å². The highest BCUT2D eigenvalue weighted by molar-refractivity contribution is 6.06. The molecule has 0 spiro atoms. The molecule has 2 heterocycles. The fourth-order valence-corrected chi connectivity index (χ4v) is 3.17. The first-order chi connectivity index (χ1) is 13.1. The minimum absolute atomic E-state index is 0.0837. The molecule has 0 aliphatic rings. The summed E-state index contributed by atoms with van der Waals surface area (Å²) < 4.78 is 0. The van der Waals surface area contributed by atoms with E-state index >= 15 is 0 Å². The first-order valence-electron chi connectivity index (χ1n) is 8.88. The minimum atomic E-state index is -0.0837. The van der Waals surface area contributed by atoms with Crippen LogP contribution < -0.4 is 5.32 Å². The van der Waals surface area contributed by atoms with Crippen LogP contribution in [0.15, 0.2) is 54.7 Å². The van der Waals surface area contributed by atoms with E-state index in [1.54, 1.807) is 0 Å². The number of carbonyl (C=O) groups excluding carboxylic acids is 1.